The standard InChI is InChI=1S/C10H13ClN2OS/c1-6(5-11)9(14)13-10-12-7-3-2-4-8(7)15-10/h6H,2-5H2,1H3,(H,12,13,14). The van der Waals surface area contributed by atoms with Gasteiger partial charge in [0, 0.05) is 16.7 Å². The van der Waals surface area contributed by atoms with Gasteiger partial charge in [-0.25, -0.2) is 4.98 Å². The van der Waals surface area contributed by atoms with Crippen LogP contribution in [0.3, 0.4) is 0 Å². The first kappa shape index (κ1) is 10.9. The third-order valence-corrected chi connectivity index (χ3v) is 4.04. The fourth-order valence-electron chi connectivity index (χ4n) is 1.54. The van der Waals surface area contributed by atoms with Crippen LogP contribution < -0.4 is 5.32 Å². The highest BCUT2D eigenvalue weighted by molar-refractivity contribution is 7.15. The van der Waals surface area contributed by atoms with E-state index in [0.717, 1.165) is 23.7 Å². The van der Waals surface area contributed by atoms with E-state index in [9.17, 15) is 4.79 Å². The number of halogens is 1. The number of hydrogen-bond donors (Lipinski definition) is 1. The van der Waals surface area contributed by atoms with E-state index in [1.54, 1.807) is 11.3 Å². The summed E-state index contributed by atoms with van der Waals surface area (Å²) in [5.74, 6) is 0.138. The van der Waals surface area contributed by atoms with Crippen molar-refractivity contribution in [2.24, 2.45) is 5.92 Å². The first-order chi connectivity index (χ1) is 7.20. The summed E-state index contributed by atoms with van der Waals surface area (Å²) in [5, 5.41) is 3.53. The van der Waals surface area contributed by atoms with Crippen molar-refractivity contribution >= 4 is 34.0 Å². The van der Waals surface area contributed by atoms with E-state index in [4.69, 9.17) is 11.6 Å². The molecule has 0 saturated carbocycles. The molecule has 1 unspecified atom stereocenters. The first-order valence-corrected chi connectivity index (χ1v) is 6.41. The van der Waals surface area contributed by atoms with Crippen LogP contribution in [-0.4, -0.2) is 16.8 Å². The fourth-order valence-corrected chi connectivity index (χ4v) is 2.74. The molecule has 5 heteroatoms. The van der Waals surface area contributed by atoms with Crippen molar-refractivity contribution in [2.75, 3.05) is 11.2 Å². The summed E-state index contributed by atoms with van der Waals surface area (Å²) in [6.45, 7) is 1.81. The normalized spacial score (nSPS) is 16.1. The number of alkyl halides is 1. The molecule has 0 fully saturated rings. The zero-order chi connectivity index (χ0) is 10.8. The van der Waals surface area contributed by atoms with Gasteiger partial charge in [-0.3, -0.25) is 4.79 Å². The van der Waals surface area contributed by atoms with Gasteiger partial charge in [0.25, 0.3) is 0 Å². The second-order valence-corrected chi connectivity index (χ2v) is 5.18. The van der Waals surface area contributed by atoms with Gasteiger partial charge in [-0.1, -0.05) is 6.92 Å². The van der Waals surface area contributed by atoms with Gasteiger partial charge in [0.2, 0.25) is 5.91 Å². The number of aromatic nitrogens is 1. The molecule has 15 heavy (non-hydrogen) atoms. The largest absolute Gasteiger partial charge is 0.302 e. The van der Waals surface area contributed by atoms with Crippen molar-refractivity contribution in [3.8, 4) is 0 Å². The molecule has 0 aliphatic heterocycles. The molecule has 0 bridgehead atoms. The average molecular weight is 245 g/mol. The summed E-state index contributed by atoms with van der Waals surface area (Å²) < 4.78 is 0. The van der Waals surface area contributed by atoms with Gasteiger partial charge in [-0.2, -0.15) is 0 Å². The third kappa shape index (κ3) is 2.32. The molecular formula is C10H13ClN2OS. The predicted octanol–water partition coefficient (Wildman–Crippen LogP) is 2.45. The van der Waals surface area contributed by atoms with Crippen molar-refractivity contribution in [1.29, 1.82) is 0 Å². The number of rotatable bonds is 3. The molecule has 2 rings (SSSR count). The number of thiazole rings is 1. The van der Waals surface area contributed by atoms with Crippen molar-refractivity contribution < 1.29 is 4.79 Å². The minimum atomic E-state index is -0.162. The number of carbonyl (C=O) groups excluding carboxylic acids is 1. The van der Waals surface area contributed by atoms with Gasteiger partial charge in [0.1, 0.15) is 0 Å². The molecule has 0 saturated heterocycles. The molecule has 1 aromatic rings. The molecule has 1 aromatic heterocycles. The number of anilines is 1. The summed E-state index contributed by atoms with van der Waals surface area (Å²) in [6.07, 6.45) is 3.35. The molecule has 1 N–H and O–H groups in total. The second kappa shape index (κ2) is 4.49. The quantitative estimate of drug-likeness (QED) is 0.830. The molecule has 1 heterocycles. The van der Waals surface area contributed by atoms with Gasteiger partial charge >= 0.3 is 0 Å². The van der Waals surface area contributed by atoms with Gasteiger partial charge in [-0.05, 0) is 19.3 Å². The Morgan fingerprint density at radius 2 is 2.47 bits per heavy atom. The van der Waals surface area contributed by atoms with Crippen LogP contribution in [0.1, 0.15) is 23.9 Å². The lowest BCUT2D eigenvalue weighted by Crippen LogP contribution is -2.21. The lowest BCUT2D eigenvalue weighted by molar-refractivity contribution is -0.118. The first-order valence-electron chi connectivity index (χ1n) is 5.06. The van der Waals surface area contributed by atoms with Crippen LogP contribution in [0.15, 0.2) is 0 Å². The summed E-state index contributed by atoms with van der Waals surface area (Å²) >= 11 is 7.20. The number of amides is 1. The molecule has 1 atom stereocenters. The van der Waals surface area contributed by atoms with E-state index in [1.165, 1.54) is 11.3 Å². The molecule has 3 nitrogen and oxygen atoms in total. The van der Waals surface area contributed by atoms with E-state index >= 15 is 0 Å². The summed E-state index contributed by atoms with van der Waals surface area (Å²) in [5.41, 5.74) is 1.16. The SMILES string of the molecule is CC(CCl)C(=O)Nc1nc2c(s1)CCC2. The van der Waals surface area contributed by atoms with Crippen molar-refractivity contribution in [3.05, 3.63) is 10.6 Å². The molecule has 0 aromatic carbocycles. The van der Waals surface area contributed by atoms with E-state index in [-0.39, 0.29) is 11.8 Å². The maximum Gasteiger partial charge on any atom is 0.230 e. The van der Waals surface area contributed by atoms with Crippen LogP contribution in [0.4, 0.5) is 5.13 Å². The average Bonchev–Trinajstić information content (AvgIpc) is 2.76. The Labute approximate surface area is 97.9 Å². The van der Waals surface area contributed by atoms with Gasteiger partial charge < -0.3 is 5.32 Å². The van der Waals surface area contributed by atoms with Crippen LogP contribution in [-0.2, 0) is 17.6 Å². The topological polar surface area (TPSA) is 42.0 Å². The number of nitrogens with zero attached hydrogens (tertiary/aromatic N) is 1. The van der Waals surface area contributed by atoms with Crippen molar-refractivity contribution in [3.63, 3.8) is 0 Å². The Morgan fingerprint density at radius 1 is 1.67 bits per heavy atom. The maximum absolute atomic E-state index is 11.5. The van der Waals surface area contributed by atoms with Crippen LogP contribution in [0.25, 0.3) is 0 Å². The molecule has 1 aliphatic carbocycles. The van der Waals surface area contributed by atoms with Crippen LogP contribution in [0, 0.1) is 5.92 Å². The molecule has 82 valence electrons. The summed E-state index contributed by atoms with van der Waals surface area (Å²) in [4.78, 5) is 17.3. The number of hydrogen-bond acceptors (Lipinski definition) is 3. The van der Waals surface area contributed by atoms with E-state index < -0.39 is 0 Å². The Hall–Kier alpha value is -0.610. The number of aryl methyl sites for hydroxylation is 2. The molecule has 0 spiro atoms. The van der Waals surface area contributed by atoms with Crippen molar-refractivity contribution in [2.45, 2.75) is 26.2 Å². The highest BCUT2D eigenvalue weighted by Crippen LogP contribution is 2.30. The van der Waals surface area contributed by atoms with Crippen LogP contribution >= 0.6 is 22.9 Å². The second-order valence-electron chi connectivity index (χ2n) is 3.79. The Kier molecular flexibility index (Phi) is 3.26. The monoisotopic (exact) mass is 244 g/mol. The van der Waals surface area contributed by atoms with Gasteiger partial charge in [0.15, 0.2) is 5.13 Å². The number of nitrogens with one attached hydrogen (secondary N) is 1. The fraction of sp³-hybridized carbons (Fsp3) is 0.600. The van der Waals surface area contributed by atoms with Crippen molar-refractivity contribution in [1.82, 2.24) is 4.98 Å². The number of fused-ring (bicyclic) bond motifs is 1. The lowest BCUT2D eigenvalue weighted by atomic mass is 10.2. The van der Waals surface area contributed by atoms with Gasteiger partial charge in [-0.15, -0.1) is 22.9 Å². The summed E-state index contributed by atoms with van der Waals surface area (Å²) in [7, 11) is 0. The van der Waals surface area contributed by atoms with Gasteiger partial charge in [0.05, 0.1) is 5.69 Å². The van der Waals surface area contributed by atoms with Crippen LogP contribution in [0.2, 0.25) is 0 Å². The highest BCUT2D eigenvalue weighted by Gasteiger charge is 2.19. The molecule has 1 aliphatic rings. The third-order valence-electron chi connectivity index (χ3n) is 2.50. The Morgan fingerprint density at radius 3 is 3.13 bits per heavy atom. The Bertz CT molecular complexity index is 356. The van der Waals surface area contributed by atoms with E-state index in [2.05, 4.69) is 10.3 Å². The molecule has 1 amide bonds. The Balaban J connectivity index is 2.02. The minimum Gasteiger partial charge on any atom is -0.302 e. The molecular weight excluding hydrogens is 232 g/mol. The molecule has 0 radical (unpaired) electrons. The minimum absolute atomic E-state index is 0.0441. The number of carbonyl (C=O) groups is 1. The summed E-state index contributed by atoms with van der Waals surface area (Å²) in [6, 6.07) is 0. The van der Waals surface area contributed by atoms with E-state index in [0.29, 0.717) is 5.88 Å². The smallest absolute Gasteiger partial charge is 0.230 e. The zero-order valence-electron chi connectivity index (χ0n) is 8.55. The zero-order valence-corrected chi connectivity index (χ0v) is 10.1. The maximum atomic E-state index is 11.5. The predicted molar refractivity (Wildman–Crippen MR) is 62.7 cm³/mol. The highest BCUT2D eigenvalue weighted by atomic mass is 35.5. The lowest BCUT2D eigenvalue weighted by Gasteiger charge is -2.05. The van der Waals surface area contributed by atoms with E-state index in [1.807, 2.05) is 6.92 Å². The van der Waals surface area contributed by atoms with Crippen LogP contribution in [0.5, 0.6) is 0 Å².